The van der Waals surface area contributed by atoms with Gasteiger partial charge in [0, 0.05) is 19.2 Å². The van der Waals surface area contributed by atoms with Gasteiger partial charge < -0.3 is 10.1 Å². The molecule has 106 valence electrons. The summed E-state index contributed by atoms with van der Waals surface area (Å²) >= 11 is 0. The van der Waals surface area contributed by atoms with E-state index >= 15 is 0 Å². The lowest BCUT2D eigenvalue weighted by molar-refractivity contribution is -0.137. The normalized spacial score (nSPS) is 21.6. The molecule has 1 aromatic carbocycles. The predicted molar refractivity (Wildman–Crippen MR) is 66.8 cm³/mol. The van der Waals surface area contributed by atoms with Crippen LogP contribution in [0, 0.1) is 0 Å². The summed E-state index contributed by atoms with van der Waals surface area (Å²) in [5.74, 6) is 0. The summed E-state index contributed by atoms with van der Waals surface area (Å²) in [5, 5.41) is 3.29. The highest BCUT2D eigenvalue weighted by molar-refractivity contribution is 5.26. The van der Waals surface area contributed by atoms with Crippen LogP contribution in [0.3, 0.4) is 0 Å². The van der Waals surface area contributed by atoms with Crippen LogP contribution in [0.5, 0.6) is 0 Å². The zero-order valence-corrected chi connectivity index (χ0v) is 10.8. The number of rotatable bonds is 4. The van der Waals surface area contributed by atoms with E-state index in [2.05, 4.69) is 5.32 Å². The second-order valence-corrected chi connectivity index (χ2v) is 4.88. The van der Waals surface area contributed by atoms with Crippen LogP contribution in [-0.4, -0.2) is 19.3 Å². The maximum absolute atomic E-state index is 12.4. The van der Waals surface area contributed by atoms with Gasteiger partial charge in [-0.15, -0.1) is 0 Å². The summed E-state index contributed by atoms with van der Waals surface area (Å²) in [4.78, 5) is 0. The second kappa shape index (κ2) is 5.92. The molecule has 1 N–H and O–H groups in total. The van der Waals surface area contributed by atoms with E-state index in [1.165, 1.54) is 12.1 Å². The molecular weight excluding hydrogens is 255 g/mol. The van der Waals surface area contributed by atoms with Crippen molar-refractivity contribution in [3.8, 4) is 0 Å². The van der Waals surface area contributed by atoms with Crippen LogP contribution >= 0.6 is 0 Å². The van der Waals surface area contributed by atoms with Crippen molar-refractivity contribution < 1.29 is 17.9 Å². The highest BCUT2D eigenvalue weighted by Gasteiger charge is 2.30. The molecule has 0 aromatic heterocycles. The fraction of sp³-hybridized carbons (Fsp3) is 0.571. The van der Waals surface area contributed by atoms with E-state index in [1.54, 1.807) is 0 Å². The molecule has 0 amide bonds. The third-order valence-corrected chi connectivity index (χ3v) is 3.41. The van der Waals surface area contributed by atoms with E-state index < -0.39 is 11.7 Å². The van der Waals surface area contributed by atoms with E-state index in [1.807, 2.05) is 6.92 Å². The number of ether oxygens (including phenoxy) is 1. The maximum Gasteiger partial charge on any atom is 0.416 e. The Morgan fingerprint density at radius 3 is 2.53 bits per heavy atom. The molecule has 5 heteroatoms. The summed E-state index contributed by atoms with van der Waals surface area (Å²) in [6, 6.07) is 5.32. The van der Waals surface area contributed by atoms with Crippen LogP contribution in [0.4, 0.5) is 13.2 Å². The number of hydrogen-bond acceptors (Lipinski definition) is 2. The van der Waals surface area contributed by atoms with Crippen molar-refractivity contribution in [2.75, 3.05) is 13.2 Å². The fourth-order valence-corrected chi connectivity index (χ4v) is 2.19. The molecule has 0 bridgehead atoms. The molecule has 1 fully saturated rings. The summed E-state index contributed by atoms with van der Waals surface area (Å²) in [7, 11) is 0. The molecule has 2 atom stereocenters. The maximum atomic E-state index is 12.4. The molecule has 2 unspecified atom stereocenters. The number of alkyl halides is 3. The SMILES string of the molecule is CC(NCC1CCCO1)c1ccc(C(F)(F)F)cc1. The van der Waals surface area contributed by atoms with E-state index in [0.29, 0.717) is 0 Å². The van der Waals surface area contributed by atoms with Crippen molar-refractivity contribution in [3.05, 3.63) is 35.4 Å². The Labute approximate surface area is 111 Å². The first-order valence-corrected chi connectivity index (χ1v) is 6.49. The Balaban J connectivity index is 1.89. The van der Waals surface area contributed by atoms with E-state index in [0.717, 1.165) is 43.7 Å². The Morgan fingerprint density at radius 2 is 2.00 bits per heavy atom. The minimum atomic E-state index is -4.27. The van der Waals surface area contributed by atoms with Gasteiger partial charge in [0.05, 0.1) is 11.7 Å². The second-order valence-electron chi connectivity index (χ2n) is 4.88. The van der Waals surface area contributed by atoms with Gasteiger partial charge in [0.15, 0.2) is 0 Å². The smallest absolute Gasteiger partial charge is 0.377 e. The van der Waals surface area contributed by atoms with Gasteiger partial charge in [-0.1, -0.05) is 12.1 Å². The number of halogens is 3. The first-order chi connectivity index (χ1) is 8.97. The van der Waals surface area contributed by atoms with Crippen LogP contribution in [0.15, 0.2) is 24.3 Å². The first kappa shape index (κ1) is 14.3. The Bertz CT molecular complexity index is 396. The van der Waals surface area contributed by atoms with Crippen molar-refractivity contribution in [2.45, 2.75) is 38.1 Å². The quantitative estimate of drug-likeness (QED) is 0.906. The molecule has 0 radical (unpaired) electrons. The molecule has 0 spiro atoms. The first-order valence-electron chi connectivity index (χ1n) is 6.49. The molecule has 0 saturated carbocycles. The van der Waals surface area contributed by atoms with Gasteiger partial charge in [-0.05, 0) is 37.5 Å². The number of hydrogen-bond donors (Lipinski definition) is 1. The fourth-order valence-electron chi connectivity index (χ4n) is 2.19. The highest BCUT2D eigenvalue weighted by atomic mass is 19.4. The van der Waals surface area contributed by atoms with E-state index in [-0.39, 0.29) is 12.1 Å². The van der Waals surface area contributed by atoms with E-state index in [9.17, 15) is 13.2 Å². The van der Waals surface area contributed by atoms with Crippen LogP contribution in [-0.2, 0) is 10.9 Å². The van der Waals surface area contributed by atoms with Crippen LogP contribution in [0.2, 0.25) is 0 Å². The van der Waals surface area contributed by atoms with Crippen LogP contribution in [0.1, 0.15) is 36.9 Å². The highest BCUT2D eigenvalue weighted by Crippen LogP contribution is 2.29. The van der Waals surface area contributed by atoms with Gasteiger partial charge in [0.25, 0.3) is 0 Å². The monoisotopic (exact) mass is 273 g/mol. The molecule has 1 saturated heterocycles. The van der Waals surface area contributed by atoms with Crippen molar-refractivity contribution >= 4 is 0 Å². The number of benzene rings is 1. The molecule has 2 nitrogen and oxygen atoms in total. The minimum absolute atomic E-state index is 0.0199. The Morgan fingerprint density at radius 1 is 1.32 bits per heavy atom. The standard InChI is InChI=1S/C14H18F3NO/c1-10(18-9-13-3-2-8-19-13)11-4-6-12(7-5-11)14(15,16)17/h4-7,10,13,18H,2-3,8-9H2,1H3. The lowest BCUT2D eigenvalue weighted by Crippen LogP contribution is -2.28. The van der Waals surface area contributed by atoms with Crippen molar-refractivity contribution in [3.63, 3.8) is 0 Å². The largest absolute Gasteiger partial charge is 0.416 e. The molecule has 1 aliphatic rings. The molecule has 19 heavy (non-hydrogen) atoms. The van der Waals surface area contributed by atoms with Gasteiger partial charge in [-0.3, -0.25) is 0 Å². The van der Waals surface area contributed by atoms with Crippen molar-refractivity contribution in [2.24, 2.45) is 0 Å². The summed E-state index contributed by atoms with van der Waals surface area (Å²) < 4.78 is 42.8. The molecule has 1 aliphatic heterocycles. The minimum Gasteiger partial charge on any atom is -0.377 e. The average Bonchev–Trinajstić information content (AvgIpc) is 2.88. The van der Waals surface area contributed by atoms with Gasteiger partial charge in [0.2, 0.25) is 0 Å². The zero-order valence-electron chi connectivity index (χ0n) is 10.8. The zero-order chi connectivity index (χ0) is 13.9. The summed E-state index contributed by atoms with van der Waals surface area (Å²) in [6.07, 6.45) is -1.91. The van der Waals surface area contributed by atoms with Gasteiger partial charge in [-0.25, -0.2) is 0 Å². The van der Waals surface area contributed by atoms with Crippen LogP contribution in [0.25, 0.3) is 0 Å². The molecule has 1 aromatic rings. The lowest BCUT2D eigenvalue weighted by atomic mass is 10.1. The van der Waals surface area contributed by atoms with Gasteiger partial charge in [-0.2, -0.15) is 13.2 Å². The summed E-state index contributed by atoms with van der Waals surface area (Å²) in [5.41, 5.74) is 0.244. The van der Waals surface area contributed by atoms with Gasteiger partial charge >= 0.3 is 6.18 Å². The molecule has 1 heterocycles. The predicted octanol–water partition coefficient (Wildman–Crippen LogP) is 3.54. The van der Waals surface area contributed by atoms with E-state index in [4.69, 9.17) is 4.74 Å². The number of nitrogens with one attached hydrogen (secondary N) is 1. The Hall–Kier alpha value is -1.07. The van der Waals surface area contributed by atoms with Crippen molar-refractivity contribution in [1.82, 2.24) is 5.32 Å². The molecule has 2 rings (SSSR count). The van der Waals surface area contributed by atoms with Crippen LogP contribution < -0.4 is 5.32 Å². The van der Waals surface area contributed by atoms with Gasteiger partial charge in [0.1, 0.15) is 0 Å². The lowest BCUT2D eigenvalue weighted by Gasteiger charge is -2.18. The third kappa shape index (κ3) is 3.94. The topological polar surface area (TPSA) is 21.3 Å². The average molecular weight is 273 g/mol. The van der Waals surface area contributed by atoms with Crippen molar-refractivity contribution in [1.29, 1.82) is 0 Å². The Kier molecular flexibility index (Phi) is 4.47. The molecule has 0 aliphatic carbocycles. The molecular formula is C14H18F3NO. The summed E-state index contributed by atoms with van der Waals surface area (Å²) in [6.45, 7) is 3.49. The third-order valence-electron chi connectivity index (χ3n) is 3.41.